The molecule has 0 radical (unpaired) electrons. The van der Waals surface area contributed by atoms with Crippen LogP contribution in [-0.4, -0.2) is 16.7 Å². The standard InChI is InChI=1S/C12H14O3/c1-4-7(2)11-9(14)5-6-10(15)12(11)8(3)13/h4-7,11,15H,1H2,2-3H3. The van der Waals surface area contributed by atoms with Gasteiger partial charge in [0.1, 0.15) is 5.76 Å². The van der Waals surface area contributed by atoms with Gasteiger partial charge in [-0.2, -0.15) is 0 Å². The number of carbonyl (C=O) groups is 2. The minimum absolute atomic E-state index is 0.110. The molecule has 0 aliphatic heterocycles. The van der Waals surface area contributed by atoms with Crippen molar-refractivity contribution in [2.24, 2.45) is 11.8 Å². The van der Waals surface area contributed by atoms with E-state index in [1.807, 2.05) is 0 Å². The van der Waals surface area contributed by atoms with Crippen LogP contribution in [0.5, 0.6) is 0 Å². The van der Waals surface area contributed by atoms with Gasteiger partial charge in [-0.05, 0) is 25.0 Å². The van der Waals surface area contributed by atoms with Gasteiger partial charge in [-0.1, -0.05) is 13.0 Å². The van der Waals surface area contributed by atoms with E-state index >= 15 is 0 Å². The first-order valence-corrected chi connectivity index (χ1v) is 4.77. The van der Waals surface area contributed by atoms with E-state index in [-0.39, 0.29) is 28.8 Å². The maximum absolute atomic E-state index is 11.6. The third-order valence-corrected chi connectivity index (χ3v) is 2.58. The summed E-state index contributed by atoms with van der Waals surface area (Å²) in [6.07, 6.45) is 4.18. The molecule has 80 valence electrons. The fourth-order valence-electron chi connectivity index (χ4n) is 1.71. The summed E-state index contributed by atoms with van der Waals surface area (Å²) in [5.74, 6) is -1.30. The van der Waals surface area contributed by atoms with Crippen molar-refractivity contribution < 1.29 is 14.7 Å². The molecule has 0 aromatic heterocycles. The fraction of sp³-hybridized carbons (Fsp3) is 0.333. The highest BCUT2D eigenvalue weighted by Gasteiger charge is 2.32. The van der Waals surface area contributed by atoms with Gasteiger partial charge in [0.2, 0.25) is 0 Å². The van der Waals surface area contributed by atoms with Crippen molar-refractivity contribution in [2.75, 3.05) is 0 Å². The summed E-state index contributed by atoms with van der Waals surface area (Å²) in [7, 11) is 0. The number of hydrogen-bond donors (Lipinski definition) is 1. The summed E-state index contributed by atoms with van der Waals surface area (Å²) in [5.41, 5.74) is 0.190. The van der Waals surface area contributed by atoms with E-state index in [2.05, 4.69) is 6.58 Å². The second-order valence-electron chi connectivity index (χ2n) is 3.66. The lowest BCUT2D eigenvalue weighted by Gasteiger charge is -2.23. The molecule has 1 aliphatic rings. The number of carbonyl (C=O) groups excluding carboxylic acids is 2. The van der Waals surface area contributed by atoms with Crippen molar-refractivity contribution >= 4 is 11.6 Å². The average Bonchev–Trinajstić information content (AvgIpc) is 2.19. The van der Waals surface area contributed by atoms with Crippen molar-refractivity contribution in [3.8, 4) is 0 Å². The van der Waals surface area contributed by atoms with Crippen LogP contribution in [0, 0.1) is 11.8 Å². The lowest BCUT2D eigenvalue weighted by atomic mass is 9.79. The van der Waals surface area contributed by atoms with E-state index < -0.39 is 5.92 Å². The first kappa shape index (κ1) is 11.4. The molecule has 2 unspecified atom stereocenters. The molecule has 0 amide bonds. The van der Waals surface area contributed by atoms with Crippen molar-refractivity contribution in [2.45, 2.75) is 13.8 Å². The molecule has 0 saturated carbocycles. The Hall–Kier alpha value is -1.64. The molecule has 3 nitrogen and oxygen atoms in total. The second kappa shape index (κ2) is 4.26. The van der Waals surface area contributed by atoms with Crippen molar-refractivity contribution in [1.82, 2.24) is 0 Å². The Balaban J connectivity index is 3.22. The van der Waals surface area contributed by atoms with Crippen LogP contribution in [0.25, 0.3) is 0 Å². The first-order chi connectivity index (χ1) is 6.99. The van der Waals surface area contributed by atoms with Gasteiger partial charge in [0.15, 0.2) is 11.6 Å². The SMILES string of the molecule is C=CC(C)C1C(=O)C=CC(O)=C1C(C)=O. The second-order valence-corrected chi connectivity index (χ2v) is 3.66. The zero-order chi connectivity index (χ0) is 11.6. The molecule has 2 atom stereocenters. The maximum atomic E-state index is 11.6. The molecule has 1 aliphatic carbocycles. The van der Waals surface area contributed by atoms with Crippen molar-refractivity contribution in [1.29, 1.82) is 0 Å². The molecule has 0 spiro atoms. The number of hydrogen-bond acceptors (Lipinski definition) is 3. The summed E-state index contributed by atoms with van der Waals surface area (Å²) >= 11 is 0. The van der Waals surface area contributed by atoms with E-state index in [1.165, 1.54) is 19.1 Å². The van der Waals surface area contributed by atoms with Gasteiger partial charge in [0.05, 0.1) is 5.92 Å². The number of Topliss-reactive ketones (excluding diaryl/α,β-unsaturated/α-hetero) is 1. The largest absolute Gasteiger partial charge is 0.508 e. The zero-order valence-electron chi connectivity index (χ0n) is 8.86. The first-order valence-electron chi connectivity index (χ1n) is 4.77. The molecule has 3 heteroatoms. The van der Waals surface area contributed by atoms with E-state index in [0.29, 0.717) is 0 Å². The molecule has 1 N–H and O–H groups in total. The summed E-state index contributed by atoms with van der Waals surface area (Å²) < 4.78 is 0. The van der Waals surface area contributed by atoms with Gasteiger partial charge < -0.3 is 5.11 Å². The molecule has 0 bridgehead atoms. The van der Waals surface area contributed by atoms with Crippen LogP contribution in [0.15, 0.2) is 36.1 Å². The molecule has 0 heterocycles. The summed E-state index contributed by atoms with van der Waals surface area (Å²) in [6.45, 7) is 6.74. The van der Waals surface area contributed by atoms with Crippen LogP contribution in [-0.2, 0) is 9.59 Å². The smallest absolute Gasteiger partial charge is 0.164 e. The normalized spacial score (nSPS) is 22.8. The minimum Gasteiger partial charge on any atom is -0.508 e. The van der Waals surface area contributed by atoms with Crippen LogP contribution in [0.4, 0.5) is 0 Å². The van der Waals surface area contributed by atoms with Crippen LogP contribution < -0.4 is 0 Å². The average molecular weight is 206 g/mol. The van der Waals surface area contributed by atoms with Crippen LogP contribution in [0.2, 0.25) is 0 Å². The van der Waals surface area contributed by atoms with Gasteiger partial charge in [-0.3, -0.25) is 9.59 Å². The molecule has 0 saturated heterocycles. The van der Waals surface area contributed by atoms with Crippen LogP contribution in [0.1, 0.15) is 13.8 Å². The van der Waals surface area contributed by atoms with Crippen LogP contribution in [0.3, 0.4) is 0 Å². The quantitative estimate of drug-likeness (QED) is 0.718. The highest BCUT2D eigenvalue weighted by molar-refractivity contribution is 6.06. The predicted octanol–water partition coefficient (Wildman–Crippen LogP) is 1.96. The Morgan fingerprint density at radius 2 is 2.20 bits per heavy atom. The number of ketones is 2. The highest BCUT2D eigenvalue weighted by Crippen LogP contribution is 2.29. The van der Waals surface area contributed by atoms with Gasteiger partial charge in [0.25, 0.3) is 0 Å². The van der Waals surface area contributed by atoms with E-state index in [4.69, 9.17) is 0 Å². The lowest BCUT2D eigenvalue weighted by molar-refractivity contribution is -0.121. The molecule has 0 fully saturated rings. The fourth-order valence-corrected chi connectivity index (χ4v) is 1.71. The Labute approximate surface area is 88.8 Å². The van der Waals surface area contributed by atoms with Crippen molar-refractivity contribution in [3.05, 3.63) is 36.1 Å². The number of rotatable bonds is 3. The maximum Gasteiger partial charge on any atom is 0.164 e. The topological polar surface area (TPSA) is 54.4 Å². The van der Waals surface area contributed by atoms with Gasteiger partial charge in [-0.25, -0.2) is 0 Å². The van der Waals surface area contributed by atoms with E-state index in [0.717, 1.165) is 0 Å². The van der Waals surface area contributed by atoms with E-state index in [1.54, 1.807) is 13.0 Å². The zero-order valence-corrected chi connectivity index (χ0v) is 8.86. The summed E-state index contributed by atoms with van der Waals surface area (Å²) in [4.78, 5) is 23.0. The third-order valence-electron chi connectivity index (χ3n) is 2.58. The molecule has 1 rings (SSSR count). The Morgan fingerprint density at radius 1 is 1.60 bits per heavy atom. The molecule has 0 aromatic rings. The Bertz CT molecular complexity index is 374. The lowest BCUT2D eigenvalue weighted by Crippen LogP contribution is -2.28. The molecule has 0 aromatic carbocycles. The molecular formula is C12H14O3. The van der Waals surface area contributed by atoms with Gasteiger partial charge >= 0.3 is 0 Å². The van der Waals surface area contributed by atoms with E-state index in [9.17, 15) is 14.7 Å². The molecular weight excluding hydrogens is 192 g/mol. The Kier molecular flexibility index (Phi) is 3.24. The summed E-state index contributed by atoms with van der Waals surface area (Å²) in [6, 6.07) is 0. The Morgan fingerprint density at radius 3 is 2.67 bits per heavy atom. The molecule has 15 heavy (non-hydrogen) atoms. The number of allylic oxidation sites excluding steroid dienone is 4. The number of aliphatic hydroxyl groups excluding tert-OH is 1. The van der Waals surface area contributed by atoms with Gasteiger partial charge in [0, 0.05) is 5.57 Å². The predicted molar refractivity (Wildman–Crippen MR) is 57.3 cm³/mol. The number of aliphatic hydroxyl groups is 1. The highest BCUT2D eigenvalue weighted by atomic mass is 16.3. The van der Waals surface area contributed by atoms with Crippen LogP contribution >= 0.6 is 0 Å². The van der Waals surface area contributed by atoms with Gasteiger partial charge in [-0.15, -0.1) is 6.58 Å². The van der Waals surface area contributed by atoms with Crippen molar-refractivity contribution in [3.63, 3.8) is 0 Å². The minimum atomic E-state index is -0.593. The summed E-state index contributed by atoms with van der Waals surface area (Å²) in [5, 5.41) is 9.56. The third kappa shape index (κ3) is 2.06. The monoisotopic (exact) mass is 206 g/mol.